The van der Waals surface area contributed by atoms with Gasteiger partial charge in [-0.05, 0) is 43.9 Å². The lowest BCUT2D eigenvalue weighted by molar-refractivity contribution is -0.736. The Labute approximate surface area is 146 Å². The Kier molecular flexibility index (Phi) is 3.79. The van der Waals surface area contributed by atoms with E-state index in [-0.39, 0.29) is 6.04 Å². The molecule has 4 nitrogen and oxygen atoms in total. The molecule has 0 radical (unpaired) electrons. The predicted molar refractivity (Wildman–Crippen MR) is 89.8 cm³/mol. The van der Waals surface area contributed by atoms with Crippen molar-refractivity contribution >= 4 is 38.4 Å². The summed E-state index contributed by atoms with van der Waals surface area (Å²) in [7, 11) is 0. The molecule has 6 heteroatoms. The summed E-state index contributed by atoms with van der Waals surface area (Å²) in [6.07, 6.45) is 6.60. The van der Waals surface area contributed by atoms with Gasteiger partial charge in [0.2, 0.25) is 5.69 Å². The van der Waals surface area contributed by atoms with Gasteiger partial charge in [0.05, 0.1) is 11.6 Å². The molecule has 0 aliphatic heterocycles. The maximum absolute atomic E-state index is 13.6. The van der Waals surface area contributed by atoms with Crippen LogP contribution in [0.25, 0.3) is 16.4 Å². The zero-order valence-electron chi connectivity index (χ0n) is 13.0. The minimum atomic E-state index is -1.68. The molecule has 1 aromatic carbocycles. The molecule has 2 heterocycles. The number of fused-ring (bicyclic) bond motifs is 3. The Morgan fingerprint density at radius 3 is 2.67 bits per heavy atom. The molecule has 24 heavy (non-hydrogen) atoms. The third kappa shape index (κ3) is 2.24. The van der Waals surface area contributed by atoms with E-state index in [4.69, 9.17) is 0 Å². The number of pyridine rings is 1. The van der Waals surface area contributed by atoms with Crippen molar-refractivity contribution in [3.63, 3.8) is 0 Å². The molecule has 1 aliphatic carbocycles. The summed E-state index contributed by atoms with van der Waals surface area (Å²) in [6, 6.07) is 5.83. The molecular formula is C18H16BrFN2O2. The Morgan fingerprint density at radius 2 is 1.96 bits per heavy atom. The number of hydrogen-bond donors (Lipinski definition) is 0. The molecule has 0 atom stereocenters. The Morgan fingerprint density at radius 1 is 1.21 bits per heavy atom. The number of rotatable bonds is 2. The molecule has 0 unspecified atom stereocenters. The second-order valence-corrected chi connectivity index (χ2v) is 7.15. The zero-order chi connectivity index (χ0) is 16.8. The van der Waals surface area contributed by atoms with E-state index >= 15 is 0 Å². The topological polar surface area (TPSA) is 48.4 Å². The highest BCUT2D eigenvalue weighted by atomic mass is 79.9. The molecule has 4 rings (SSSR count). The van der Waals surface area contributed by atoms with Gasteiger partial charge in [-0.25, -0.2) is 4.57 Å². The average molecular weight is 391 g/mol. The van der Waals surface area contributed by atoms with Crippen LogP contribution in [0.4, 0.5) is 4.39 Å². The van der Waals surface area contributed by atoms with Gasteiger partial charge < -0.3 is 5.11 Å². The van der Waals surface area contributed by atoms with Crippen LogP contribution < -0.4 is 9.67 Å². The lowest BCUT2D eigenvalue weighted by Gasteiger charge is -2.22. The van der Waals surface area contributed by atoms with Crippen LogP contribution >= 0.6 is 15.9 Å². The lowest BCUT2D eigenvalue weighted by Crippen LogP contribution is -2.42. The molecule has 0 bridgehead atoms. The molecule has 1 fully saturated rings. The molecule has 0 saturated heterocycles. The van der Waals surface area contributed by atoms with Crippen LogP contribution in [0.5, 0.6) is 5.88 Å². The summed E-state index contributed by atoms with van der Waals surface area (Å²) in [5.74, 6) is -0.526. The molecule has 3 aromatic rings. The van der Waals surface area contributed by atoms with E-state index in [0.29, 0.717) is 5.65 Å². The molecule has 1 saturated carbocycles. The summed E-state index contributed by atoms with van der Waals surface area (Å²) in [5.41, 5.74) is 0.198. The van der Waals surface area contributed by atoms with Crippen LogP contribution in [0.2, 0.25) is 0 Å². The standard InChI is InChI=1S/C18H16BrFN2O2/c19-14-8-4-7-13-12(14)9-10-21-15(16(20)23)18(24)22(17(13)21)11-5-2-1-3-6-11/h4,7-11H,1-3,5-6H2. The van der Waals surface area contributed by atoms with Crippen molar-refractivity contribution in [2.75, 3.05) is 0 Å². The number of carbonyl (C=O) groups is 1. The number of halogens is 2. The fraction of sp³-hybridized carbons (Fsp3) is 0.333. The molecule has 1 aliphatic rings. The number of carbonyl (C=O) groups excluding carboxylic acids is 1. The SMILES string of the molecule is O=C(F)c1c([O-])[n+](C2CCCCC2)c2c3cccc(Br)c3ccn12. The summed E-state index contributed by atoms with van der Waals surface area (Å²) in [6.45, 7) is 0. The predicted octanol–water partition coefficient (Wildman–Crippen LogP) is 3.83. The van der Waals surface area contributed by atoms with Gasteiger partial charge in [0.1, 0.15) is 11.9 Å². The highest BCUT2D eigenvalue weighted by Crippen LogP contribution is 2.32. The number of benzene rings is 1. The maximum Gasteiger partial charge on any atom is 0.374 e. The van der Waals surface area contributed by atoms with Crippen molar-refractivity contribution in [1.29, 1.82) is 0 Å². The quantitative estimate of drug-likeness (QED) is 0.493. The van der Waals surface area contributed by atoms with Gasteiger partial charge in [0.15, 0.2) is 0 Å². The van der Waals surface area contributed by atoms with E-state index in [2.05, 4.69) is 15.9 Å². The summed E-state index contributed by atoms with van der Waals surface area (Å²) in [5, 5.41) is 14.6. The molecular weight excluding hydrogens is 375 g/mol. The van der Waals surface area contributed by atoms with Crippen molar-refractivity contribution < 1.29 is 18.9 Å². The largest absolute Gasteiger partial charge is 0.839 e. The Hall–Kier alpha value is -1.95. The monoisotopic (exact) mass is 390 g/mol. The zero-order valence-corrected chi connectivity index (χ0v) is 14.6. The first-order valence-electron chi connectivity index (χ1n) is 8.13. The molecule has 0 spiro atoms. The van der Waals surface area contributed by atoms with Gasteiger partial charge in [0, 0.05) is 9.86 Å². The fourth-order valence-corrected chi connectivity index (χ4v) is 4.35. The van der Waals surface area contributed by atoms with Gasteiger partial charge in [-0.1, -0.05) is 28.4 Å². The van der Waals surface area contributed by atoms with Crippen LogP contribution in [-0.4, -0.2) is 10.4 Å². The molecule has 0 amide bonds. The van der Waals surface area contributed by atoms with E-state index in [0.717, 1.165) is 47.3 Å². The van der Waals surface area contributed by atoms with Crippen LogP contribution in [0, 0.1) is 0 Å². The third-order valence-electron chi connectivity index (χ3n) is 4.93. The highest BCUT2D eigenvalue weighted by molar-refractivity contribution is 9.10. The van der Waals surface area contributed by atoms with Gasteiger partial charge in [-0.15, -0.1) is 0 Å². The van der Waals surface area contributed by atoms with Crippen LogP contribution in [-0.2, 0) is 0 Å². The van der Waals surface area contributed by atoms with Crippen molar-refractivity contribution in [1.82, 2.24) is 4.40 Å². The molecule has 0 N–H and O–H groups in total. The minimum absolute atomic E-state index is 0.0129. The first-order valence-corrected chi connectivity index (χ1v) is 8.92. The smallest absolute Gasteiger partial charge is 0.374 e. The Balaban J connectivity index is 2.13. The van der Waals surface area contributed by atoms with Crippen LogP contribution in [0.1, 0.15) is 48.6 Å². The van der Waals surface area contributed by atoms with Crippen molar-refractivity contribution in [3.8, 4) is 5.88 Å². The average Bonchev–Trinajstić information content (AvgIpc) is 2.88. The first kappa shape index (κ1) is 15.6. The van der Waals surface area contributed by atoms with Crippen LogP contribution in [0.15, 0.2) is 34.9 Å². The molecule has 2 aromatic heterocycles. The van der Waals surface area contributed by atoms with Crippen molar-refractivity contribution in [2.24, 2.45) is 0 Å². The minimum Gasteiger partial charge on any atom is -0.839 e. The number of hydrogen-bond acceptors (Lipinski definition) is 2. The number of imidazole rings is 1. The second kappa shape index (κ2) is 5.84. The van der Waals surface area contributed by atoms with E-state index in [1.54, 1.807) is 16.8 Å². The highest BCUT2D eigenvalue weighted by Gasteiger charge is 2.32. The summed E-state index contributed by atoms with van der Waals surface area (Å²) in [4.78, 5) is 11.5. The summed E-state index contributed by atoms with van der Waals surface area (Å²) >= 11 is 3.52. The van der Waals surface area contributed by atoms with Crippen molar-refractivity contribution in [2.45, 2.75) is 38.1 Å². The van der Waals surface area contributed by atoms with Gasteiger partial charge >= 0.3 is 6.04 Å². The van der Waals surface area contributed by atoms with Gasteiger partial charge in [0.25, 0.3) is 5.65 Å². The second-order valence-electron chi connectivity index (χ2n) is 6.30. The van der Waals surface area contributed by atoms with Crippen LogP contribution in [0.3, 0.4) is 0 Å². The van der Waals surface area contributed by atoms with E-state index in [1.165, 1.54) is 4.40 Å². The maximum atomic E-state index is 13.6. The van der Waals surface area contributed by atoms with Gasteiger partial charge in [-0.3, -0.25) is 4.79 Å². The van der Waals surface area contributed by atoms with E-state index in [9.17, 15) is 14.3 Å². The van der Waals surface area contributed by atoms with Crippen molar-refractivity contribution in [3.05, 3.63) is 40.6 Å². The Bertz CT molecular complexity index is 961. The lowest BCUT2D eigenvalue weighted by atomic mass is 9.95. The number of aromatic nitrogens is 2. The van der Waals surface area contributed by atoms with Gasteiger partial charge in [-0.2, -0.15) is 8.79 Å². The fourth-order valence-electron chi connectivity index (χ4n) is 3.85. The normalized spacial score (nSPS) is 16.1. The van der Waals surface area contributed by atoms with E-state index in [1.807, 2.05) is 18.2 Å². The third-order valence-corrected chi connectivity index (χ3v) is 5.62. The first-order chi connectivity index (χ1) is 11.6. The molecule has 124 valence electrons. The summed E-state index contributed by atoms with van der Waals surface area (Å²) < 4.78 is 17.6. The van der Waals surface area contributed by atoms with E-state index < -0.39 is 17.6 Å². The number of nitrogens with zero attached hydrogens (tertiary/aromatic N) is 2.